The number of hydrogen-bond donors (Lipinski definition) is 0. The van der Waals surface area contributed by atoms with Crippen molar-refractivity contribution in [3.05, 3.63) is 88.6 Å². The van der Waals surface area contributed by atoms with E-state index >= 15 is 0 Å². The summed E-state index contributed by atoms with van der Waals surface area (Å²) in [5.74, 6) is 0. The minimum Gasteiger partial charge on any atom is -0.360 e. The SMILES string of the molecule is Cc1cc(C)cc(C2=CN3C(C=C2)c2ccccc2C2(C)CC32C)c1. The first kappa shape index (κ1) is 15.0. The third-order valence-electron chi connectivity index (χ3n) is 6.80. The van der Waals surface area contributed by atoms with E-state index in [0.717, 1.165) is 0 Å². The molecule has 25 heavy (non-hydrogen) atoms. The predicted octanol–water partition coefficient (Wildman–Crippen LogP) is 5.69. The molecule has 0 radical (unpaired) electrons. The normalized spacial score (nSPS) is 31.8. The summed E-state index contributed by atoms with van der Waals surface area (Å²) in [5, 5.41) is 0. The number of hydrogen-bond acceptors (Lipinski definition) is 1. The number of nitrogens with zero attached hydrogens (tertiary/aromatic N) is 1. The molecule has 0 aromatic heterocycles. The fourth-order valence-electron chi connectivity index (χ4n) is 5.24. The van der Waals surface area contributed by atoms with E-state index in [0.29, 0.717) is 6.04 Å². The van der Waals surface area contributed by atoms with Crippen LogP contribution in [0.3, 0.4) is 0 Å². The van der Waals surface area contributed by atoms with E-state index in [-0.39, 0.29) is 11.0 Å². The van der Waals surface area contributed by atoms with Crippen molar-refractivity contribution < 1.29 is 0 Å². The standard InChI is InChI=1S/C24H25N/c1-16-11-17(2)13-19(12-16)18-9-10-22-20-7-5-6-8-21(20)23(3)15-24(23,4)25(22)14-18/h5-14,22H,15H2,1-4H3. The molecule has 5 rings (SSSR count). The molecule has 0 N–H and O–H groups in total. The second-order valence-corrected chi connectivity index (χ2v) is 8.54. The zero-order chi connectivity index (χ0) is 17.4. The molecule has 126 valence electrons. The zero-order valence-corrected chi connectivity index (χ0v) is 15.5. The fourth-order valence-corrected chi connectivity index (χ4v) is 5.24. The minimum atomic E-state index is 0.223. The molecule has 0 bridgehead atoms. The van der Waals surface area contributed by atoms with E-state index in [2.05, 4.69) is 93.4 Å². The van der Waals surface area contributed by atoms with Crippen molar-refractivity contribution in [2.45, 2.75) is 51.1 Å². The number of allylic oxidation sites excluding steroid dienone is 2. The van der Waals surface area contributed by atoms with Gasteiger partial charge in [-0.05, 0) is 49.5 Å². The Labute approximate surface area is 150 Å². The molecule has 0 spiro atoms. The maximum atomic E-state index is 2.63. The van der Waals surface area contributed by atoms with Crippen LogP contribution in [0.5, 0.6) is 0 Å². The Morgan fingerprint density at radius 2 is 1.72 bits per heavy atom. The Morgan fingerprint density at radius 1 is 1.00 bits per heavy atom. The molecule has 0 saturated heterocycles. The summed E-state index contributed by atoms with van der Waals surface area (Å²) >= 11 is 0. The van der Waals surface area contributed by atoms with Crippen LogP contribution in [-0.4, -0.2) is 10.4 Å². The molecule has 0 amide bonds. The van der Waals surface area contributed by atoms with Gasteiger partial charge < -0.3 is 4.90 Å². The van der Waals surface area contributed by atoms with Gasteiger partial charge in [0.05, 0.1) is 6.04 Å². The molecular weight excluding hydrogens is 302 g/mol. The summed E-state index contributed by atoms with van der Waals surface area (Å²) in [6.45, 7) is 9.24. The van der Waals surface area contributed by atoms with Crippen molar-refractivity contribution in [1.29, 1.82) is 0 Å². The lowest BCUT2D eigenvalue weighted by molar-refractivity contribution is 0.190. The first-order valence-electron chi connectivity index (χ1n) is 9.29. The summed E-state index contributed by atoms with van der Waals surface area (Å²) in [6, 6.07) is 16.3. The van der Waals surface area contributed by atoms with Crippen molar-refractivity contribution in [3.63, 3.8) is 0 Å². The predicted molar refractivity (Wildman–Crippen MR) is 104 cm³/mol. The lowest BCUT2D eigenvalue weighted by atomic mass is 9.80. The molecule has 3 unspecified atom stereocenters. The van der Waals surface area contributed by atoms with Crippen molar-refractivity contribution in [3.8, 4) is 0 Å². The molecule has 2 aliphatic heterocycles. The monoisotopic (exact) mass is 327 g/mol. The van der Waals surface area contributed by atoms with Crippen LogP contribution >= 0.6 is 0 Å². The van der Waals surface area contributed by atoms with E-state index in [1.165, 1.54) is 34.2 Å². The van der Waals surface area contributed by atoms with Crippen LogP contribution in [0, 0.1) is 13.8 Å². The first-order chi connectivity index (χ1) is 11.9. The molecular formula is C24H25N. The topological polar surface area (TPSA) is 3.24 Å². The Bertz CT molecular complexity index is 930. The molecule has 2 aromatic rings. The molecule has 1 aliphatic carbocycles. The third-order valence-corrected chi connectivity index (χ3v) is 6.80. The lowest BCUT2D eigenvalue weighted by Crippen LogP contribution is -2.44. The van der Waals surface area contributed by atoms with Gasteiger partial charge in [-0.3, -0.25) is 0 Å². The fraction of sp³-hybridized carbons (Fsp3) is 0.333. The number of benzene rings is 2. The second-order valence-electron chi connectivity index (χ2n) is 8.54. The van der Waals surface area contributed by atoms with Gasteiger partial charge in [-0.1, -0.05) is 72.7 Å². The molecule has 1 heteroatoms. The van der Waals surface area contributed by atoms with Gasteiger partial charge in [-0.15, -0.1) is 0 Å². The molecule has 3 aliphatic rings. The third kappa shape index (κ3) is 1.90. The number of aryl methyl sites for hydroxylation is 2. The highest BCUT2D eigenvalue weighted by molar-refractivity contribution is 5.76. The summed E-state index contributed by atoms with van der Waals surface area (Å²) in [5.41, 5.74) is 8.85. The van der Waals surface area contributed by atoms with Gasteiger partial charge in [-0.2, -0.15) is 0 Å². The second kappa shape index (κ2) is 4.66. The Hall–Kier alpha value is -2.28. The van der Waals surface area contributed by atoms with Gasteiger partial charge in [0, 0.05) is 17.2 Å². The van der Waals surface area contributed by atoms with Gasteiger partial charge in [0.25, 0.3) is 0 Å². The summed E-state index contributed by atoms with van der Waals surface area (Å²) in [6.07, 6.45) is 8.37. The Balaban J connectivity index is 1.64. The van der Waals surface area contributed by atoms with E-state index in [1.54, 1.807) is 5.56 Å². The van der Waals surface area contributed by atoms with E-state index in [1.807, 2.05) is 0 Å². The van der Waals surface area contributed by atoms with E-state index in [9.17, 15) is 0 Å². The summed E-state index contributed by atoms with van der Waals surface area (Å²) in [7, 11) is 0. The summed E-state index contributed by atoms with van der Waals surface area (Å²) < 4.78 is 0. The highest BCUT2D eigenvalue weighted by atomic mass is 15.3. The summed E-state index contributed by atoms with van der Waals surface area (Å²) in [4.78, 5) is 2.63. The van der Waals surface area contributed by atoms with Gasteiger partial charge in [0.2, 0.25) is 0 Å². The number of rotatable bonds is 1. The van der Waals surface area contributed by atoms with Crippen LogP contribution < -0.4 is 0 Å². The quantitative estimate of drug-likeness (QED) is 0.650. The smallest absolute Gasteiger partial charge is 0.0733 e. The highest BCUT2D eigenvalue weighted by Crippen LogP contribution is 2.67. The van der Waals surface area contributed by atoms with Crippen LogP contribution in [0.2, 0.25) is 0 Å². The first-order valence-corrected chi connectivity index (χ1v) is 9.29. The largest absolute Gasteiger partial charge is 0.360 e. The van der Waals surface area contributed by atoms with Crippen LogP contribution in [0.4, 0.5) is 0 Å². The average Bonchev–Trinajstić information content (AvgIpc) is 3.18. The van der Waals surface area contributed by atoms with Crippen molar-refractivity contribution in [2.75, 3.05) is 0 Å². The Morgan fingerprint density at radius 3 is 2.48 bits per heavy atom. The van der Waals surface area contributed by atoms with Gasteiger partial charge in [0.1, 0.15) is 0 Å². The molecule has 1 fully saturated rings. The van der Waals surface area contributed by atoms with Crippen LogP contribution in [0.15, 0.2) is 60.8 Å². The van der Waals surface area contributed by atoms with Crippen molar-refractivity contribution >= 4 is 5.57 Å². The Kier molecular flexibility index (Phi) is 2.80. The van der Waals surface area contributed by atoms with Crippen LogP contribution in [0.25, 0.3) is 5.57 Å². The maximum Gasteiger partial charge on any atom is 0.0733 e. The maximum absolute atomic E-state index is 2.63. The van der Waals surface area contributed by atoms with Crippen molar-refractivity contribution in [1.82, 2.24) is 4.90 Å². The van der Waals surface area contributed by atoms with E-state index in [4.69, 9.17) is 0 Å². The average molecular weight is 327 g/mol. The van der Waals surface area contributed by atoms with Crippen LogP contribution in [0.1, 0.15) is 54.1 Å². The molecule has 1 saturated carbocycles. The molecule has 2 aromatic carbocycles. The molecule has 1 nitrogen and oxygen atoms in total. The zero-order valence-electron chi connectivity index (χ0n) is 15.5. The minimum absolute atomic E-state index is 0.223. The highest BCUT2D eigenvalue weighted by Gasteiger charge is 2.68. The lowest BCUT2D eigenvalue weighted by Gasteiger charge is -2.45. The molecule has 2 heterocycles. The van der Waals surface area contributed by atoms with Crippen LogP contribution in [-0.2, 0) is 5.41 Å². The molecule has 3 atom stereocenters. The van der Waals surface area contributed by atoms with E-state index < -0.39 is 0 Å². The van der Waals surface area contributed by atoms with Gasteiger partial charge in [-0.25, -0.2) is 0 Å². The van der Waals surface area contributed by atoms with Crippen molar-refractivity contribution in [2.24, 2.45) is 0 Å². The van der Waals surface area contributed by atoms with Gasteiger partial charge >= 0.3 is 0 Å². The van der Waals surface area contributed by atoms with Gasteiger partial charge in [0.15, 0.2) is 0 Å². The number of fused-ring (bicyclic) bond motifs is 6.